The quantitative estimate of drug-likeness (QED) is 0.613. The highest BCUT2D eigenvalue weighted by Crippen LogP contribution is 2.53. The number of ether oxygens (including phenoxy) is 1. The average Bonchev–Trinajstić information content (AvgIpc) is 2.75. The summed E-state index contributed by atoms with van der Waals surface area (Å²) < 4.78 is 5.88. The number of rotatable bonds is 3. The van der Waals surface area contributed by atoms with Crippen LogP contribution in [0.5, 0.6) is 5.75 Å². The Morgan fingerprint density at radius 2 is 1.68 bits per heavy atom. The Labute approximate surface area is 168 Å². The maximum atomic E-state index is 5.88. The maximum Gasteiger partial charge on any atom is 0.144 e. The number of para-hydroxylation sites is 1. The third-order valence-corrected chi connectivity index (χ3v) is 6.83. The Hall–Kier alpha value is -2.42. The fraction of sp³-hybridized carbons (Fsp3) is 0.440. The molecule has 1 aliphatic heterocycles. The molecule has 2 aromatic rings. The van der Waals surface area contributed by atoms with Gasteiger partial charge in [-0.3, -0.25) is 0 Å². The standard InChI is InChI=1S/C25H30N2O/c1-28-23-17-19(26-18-10-4-2-5-11-18)16-21-20-12-6-7-13-22(20)25(27-24(21)23)14-8-3-9-15-25/h2,4-5,10-11,16-17,26-27H,3,6-9,12-15H2,1H3. The molecule has 0 atom stereocenters. The van der Waals surface area contributed by atoms with Crippen LogP contribution >= 0.6 is 0 Å². The minimum absolute atomic E-state index is 0.169. The van der Waals surface area contributed by atoms with Crippen LogP contribution in [-0.2, 0) is 0 Å². The topological polar surface area (TPSA) is 33.3 Å². The van der Waals surface area contributed by atoms with Crippen molar-refractivity contribution in [2.45, 2.75) is 63.3 Å². The van der Waals surface area contributed by atoms with Crippen LogP contribution in [0.2, 0.25) is 0 Å². The van der Waals surface area contributed by atoms with Crippen molar-refractivity contribution in [3.63, 3.8) is 0 Å². The lowest BCUT2D eigenvalue weighted by atomic mass is 9.67. The van der Waals surface area contributed by atoms with E-state index in [2.05, 4.69) is 47.0 Å². The number of nitrogens with one attached hydrogen (secondary N) is 2. The second kappa shape index (κ2) is 7.20. The molecule has 2 aromatic carbocycles. The molecular formula is C25H30N2O. The molecule has 5 rings (SSSR count). The zero-order chi connectivity index (χ0) is 19.0. The number of allylic oxidation sites excluding steroid dienone is 1. The first-order valence-corrected chi connectivity index (χ1v) is 10.8. The second-order valence-corrected chi connectivity index (χ2v) is 8.52. The number of hydrogen-bond acceptors (Lipinski definition) is 3. The normalized spacial score (nSPS) is 20.2. The molecule has 0 aromatic heterocycles. The molecule has 1 heterocycles. The molecule has 3 nitrogen and oxygen atoms in total. The lowest BCUT2D eigenvalue weighted by Crippen LogP contribution is -2.45. The minimum Gasteiger partial charge on any atom is -0.494 e. The van der Waals surface area contributed by atoms with E-state index in [1.54, 1.807) is 18.3 Å². The minimum atomic E-state index is 0.169. The van der Waals surface area contributed by atoms with E-state index in [1.165, 1.54) is 69.0 Å². The van der Waals surface area contributed by atoms with E-state index in [0.717, 1.165) is 17.1 Å². The van der Waals surface area contributed by atoms with Crippen LogP contribution in [-0.4, -0.2) is 12.6 Å². The molecule has 2 aliphatic carbocycles. The number of methoxy groups -OCH3 is 1. The van der Waals surface area contributed by atoms with Crippen molar-refractivity contribution in [1.82, 2.24) is 0 Å². The van der Waals surface area contributed by atoms with E-state index in [0.29, 0.717) is 0 Å². The predicted octanol–water partition coefficient (Wildman–Crippen LogP) is 6.89. The van der Waals surface area contributed by atoms with Gasteiger partial charge in [0.05, 0.1) is 18.3 Å². The first kappa shape index (κ1) is 17.7. The van der Waals surface area contributed by atoms with E-state index in [-0.39, 0.29) is 5.54 Å². The number of anilines is 3. The molecular weight excluding hydrogens is 344 g/mol. The summed E-state index contributed by atoms with van der Waals surface area (Å²) in [6, 6.07) is 14.9. The zero-order valence-electron chi connectivity index (χ0n) is 16.8. The number of fused-ring (bicyclic) bond motifs is 3. The SMILES string of the molecule is COc1cc(Nc2ccccc2)cc2c1NC1(CCCCC1)C1=C2CCCC1. The molecule has 2 N–H and O–H groups in total. The van der Waals surface area contributed by atoms with E-state index in [4.69, 9.17) is 4.74 Å². The molecule has 28 heavy (non-hydrogen) atoms. The fourth-order valence-corrected chi connectivity index (χ4v) is 5.53. The van der Waals surface area contributed by atoms with Crippen LogP contribution in [0.1, 0.15) is 63.4 Å². The Balaban J connectivity index is 1.62. The van der Waals surface area contributed by atoms with Gasteiger partial charge in [0.25, 0.3) is 0 Å². The van der Waals surface area contributed by atoms with E-state index >= 15 is 0 Å². The molecule has 0 amide bonds. The van der Waals surface area contributed by atoms with Gasteiger partial charge < -0.3 is 15.4 Å². The van der Waals surface area contributed by atoms with E-state index in [1.807, 2.05) is 6.07 Å². The van der Waals surface area contributed by atoms with Crippen molar-refractivity contribution in [1.29, 1.82) is 0 Å². The van der Waals surface area contributed by atoms with Crippen LogP contribution < -0.4 is 15.4 Å². The van der Waals surface area contributed by atoms with Crippen molar-refractivity contribution in [3.8, 4) is 5.75 Å². The Morgan fingerprint density at radius 1 is 0.893 bits per heavy atom. The van der Waals surface area contributed by atoms with Gasteiger partial charge in [0.2, 0.25) is 0 Å². The first-order chi connectivity index (χ1) is 13.8. The van der Waals surface area contributed by atoms with Crippen molar-refractivity contribution in [3.05, 3.63) is 53.6 Å². The fourth-order valence-electron chi connectivity index (χ4n) is 5.53. The van der Waals surface area contributed by atoms with Crippen LogP contribution in [0, 0.1) is 0 Å². The van der Waals surface area contributed by atoms with Crippen LogP contribution in [0.15, 0.2) is 48.0 Å². The Kier molecular flexibility index (Phi) is 4.54. The highest BCUT2D eigenvalue weighted by atomic mass is 16.5. The largest absolute Gasteiger partial charge is 0.494 e. The summed E-state index contributed by atoms with van der Waals surface area (Å²) >= 11 is 0. The molecule has 1 saturated carbocycles. The highest BCUT2D eigenvalue weighted by molar-refractivity contribution is 5.90. The van der Waals surface area contributed by atoms with Gasteiger partial charge in [0.1, 0.15) is 5.75 Å². The molecule has 146 valence electrons. The van der Waals surface area contributed by atoms with Crippen LogP contribution in [0.25, 0.3) is 5.57 Å². The van der Waals surface area contributed by atoms with Gasteiger partial charge in [-0.15, -0.1) is 0 Å². The average molecular weight is 375 g/mol. The zero-order valence-corrected chi connectivity index (χ0v) is 16.8. The van der Waals surface area contributed by atoms with Crippen molar-refractivity contribution in [2.24, 2.45) is 0 Å². The Bertz CT molecular complexity index is 894. The summed E-state index contributed by atoms with van der Waals surface area (Å²) in [6.07, 6.45) is 11.6. The summed E-state index contributed by atoms with van der Waals surface area (Å²) in [5, 5.41) is 7.58. The molecule has 0 unspecified atom stereocenters. The van der Waals surface area contributed by atoms with Gasteiger partial charge in [-0.1, -0.05) is 37.5 Å². The predicted molar refractivity (Wildman–Crippen MR) is 118 cm³/mol. The van der Waals surface area contributed by atoms with Gasteiger partial charge in [-0.05, 0) is 67.9 Å². The van der Waals surface area contributed by atoms with E-state index in [9.17, 15) is 0 Å². The smallest absolute Gasteiger partial charge is 0.144 e. The molecule has 3 aliphatic rings. The lowest BCUT2D eigenvalue weighted by molar-refractivity contribution is 0.349. The number of hydrogen-bond donors (Lipinski definition) is 2. The summed E-state index contributed by atoms with van der Waals surface area (Å²) in [4.78, 5) is 0. The van der Waals surface area contributed by atoms with Gasteiger partial charge in [-0.2, -0.15) is 0 Å². The third kappa shape index (κ3) is 2.97. The van der Waals surface area contributed by atoms with Gasteiger partial charge in [0, 0.05) is 23.0 Å². The first-order valence-electron chi connectivity index (χ1n) is 10.8. The molecule has 3 heteroatoms. The number of benzene rings is 2. The van der Waals surface area contributed by atoms with E-state index < -0.39 is 0 Å². The summed E-state index contributed by atoms with van der Waals surface area (Å²) in [7, 11) is 1.79. The Morgan fingerprint density at radius 3 is 2.46 bits per heavy atom. The van der Waals surface area contributed by atoms with Crippen LogP contribution in [0.3, 0.4) is 0 Å². The molecule has 0 bridgehead atoms. The monoisotopic (exact) mass is 374 g/mol. The third-order valence-electron chi connectivity index (χ3n) is 6.83. The summed E-state index contributed by atoms with van der Waals surface area (Å²) in [5.41, 5.74) is 8.23. The highest BCUT2D eigenvalue weighted by Gasteiger charge is 2.42. The maximum absolute atomic E-state index is 5.88. The van der Waals surface area contributed by atoms with Gasteiger partial charge >= 0.3 is 0 Å². The molecule has 0 saturated heterocycles. The van der Waals surface area contributed by atoms with Crippen molar-refractivity contribution >= 4 is 22.6 Å². The van der Waals surface area contributed by atoms with Gasteiger partial charge in [0.15, 0.2) is 0 Å². The second-order valence-electron chi connectivity index (χ2n) is 8.52. The molecule has 1 fully saturated rings. The van der Waals surface area contributed by atoms with Crippen molar-refractivity contribution < 1.29 is 4.74 Å². The summed E-state index contributed by atoms with van der Waals surface area (Å²) in [5.74, 6) is 0.956. The molecule has 1 spiro atoms. The molecule has 0 radical (unpaired) electrons. The van der Waals surface area contributed by atoms with Crippen molar-refractivity contribution in [2.75, 3.05) is 17.7 Å². The van der Waals surface area contributed by atoms with Crippen LogP contribution in [0.4, 0.5) is 17.1 Å². The lowest BCUT2D eigenvalue weighted by Gasteiger charge is -2.47. The summed E-state index contributed by atoms with van der Waals surface area (Å²) in [6.45, 7) is 0. The van der Waals surface area contributed by atoms with Gasteiger partial charge in [-0.25, -0.2) is 0 Å².